The minimum Gasteiger partial charge on any atom is -0.493 e. The molecule has 0 aliphatic rings. The molecule has 0 aromatic heterocycles. The molecule has 0 aliphatic carbocycles. The zero-order valence-corrected chi connectivity index (χ0v) is 16.8. The fraction of sp³-hybridized carbons (Fsp3) is 0.611. The summed E-state index contributed by atoms with van der Waals surface area (Å²) in [6.07, 6.45) is 0.428. The van der Waals surface area contributed by atoms with Crippen LogP contribution >= 0.6 is 0 Å². The maximum Gasteiger partial charge on any atom is 0.311 e. The molecule has 1 aromatic rings. The maximum absolute atomic E-state index is 11.7. The topological polar surface area (TPSA) is 65.0 Å². The Bertz CT molecular complexity index is 563. The Morgan fingerprint density at radius 1 is 1.17 bits per heavy atom. The van der Waals surface area contributed by atoms with Gasteiger partial charge in [-0.05, 0) is 42.2 Å². The number of rotatable bonds is 8. The van der Waals surface area contributed by atoms with E-state index in [0.717, 1.165) is 0 Å². The Morgan fingerprint density at radius 2 is 1.75 bits per heavy atom. The van der Waals surface area contributed by atoms with Crippen LogP contribution in [0, 0.1) is 0 Å². The highest BCUT2D eigenvalue weighted by atomic mass is 28.4. The molecule has 0 radical (unpaired) electrons. The molecule has 0 saturated carbocycles. The Labute approximate surface area is 146 Å². The van der Waals surface area contributed by atoms with Crippen molar-refractivity contribution in [1.82, 2.24) is 0 Å². The van der Waals surface area contributed by atoms with Crippen LogP contribution in [0.2, 0.25) is 18.1 Å². The van der Waals surface area contributed by atoms with E-state index in [9.17, 15) is 9.90 Å². The van der Waals surface area contributed by atoms with Gasteiger partial charge in [0.05, 0.1) is 20.1 Å². The van der Waals surface area contributed by atoms with E-state index in [4.69, 9.17) is 13.9 Å². The predicted octanol–water partition coefficient (Wildman–Crippen LogP) is 4.28. The summed E-state index contributed by atoms with van der Waals surface area (Å²) in [4.78, 5) is 11.7. The van der Waals surface area contributed by atoms with E-state index in [2.05, 4.69) is 33.9 Å². The van der Waals surface area contributed by atoms with E-state index in [1.165, 1.54) is 7.11 Å². The summed E-state index contributed by atoms with van der Waals surface area (Å²) in [5.41, 5.74) is 0.694. The third kappa shape index (κ3) is 4.98. The first kappa shape index (κ1) is 20.5. The smallest absolute Gasteiger partial charge is 0.311 e. The van der Waals surface area contributed by atoms with Crippen molar-refractivity contribution in [3.8, 4) is 11.5 Å². The molecule has 5 nitrogen and oxygen atoms in total. The molecule has 0 spiro atoms. The van der Waals surface area contributed by atoms with Gasteiger partial charge in [0.2, 0.25) is 0 Å². The highest BCUT2D eigenvalue weighted by molar-refractivity contribution is 6.74. The molecule has 1 aromatic carbocycles. The lowest BCUT2D eigenvalue weighted by Gasteiger charge is -2.36. The van der Waals surface area contributed by atoms with Gasteiger partial charge >= 0.3 is 5.97 Å². The van der Waals surface area contributed by atoms with Crippen molar-refractivity contribution < 1.29 is 23.8 Å². The number of carboxylic acids is 1. The number of carbonyl (C=O) groups is 1. The Morgan fingerprint density at radius 3 is 2.21 bits per heavy atom. The van der Waals surface area contributed by atoms with Gasteiger partial charge in [0.1, 0.15) is 0 Å². The molecule has 0 amide bonds. The normalized spacial score (nSPS) is 13.5. The lowest BCUT2D eigenvalue weighted by molar-refractivity contribution is -0.139. The molecule has 0 heterocycles. The van der Waals surface area contributed by atoms with Crippen LogP contribution in [0.5, 0.6) is 11.5 Å². The van der Waals surface area contributed by atoms with Crippen LogP contribution in [0.15, 0.2) is 18.2 Å². The van der Waals surface area contributed by atoms with Gasteiger partial charge < -0.3 is 19.0 Å². The standard InChI is InChI=1S/C18H30O5Si/c1-18(2,3)24(6,7)23-11-10-14(17(19)20)13-8-9-15(21-4)16(12-13)22-5/h8-9,12,14H,10-11H2,1-7H3,(H,19,20). The molecule has 1 atom stereocenters. The number of hydrogen-bond acceptors (Lipinski definition) is 4. The van der Waals surface area contributed by atoms with Crippen molar-refractivity contribution in [3.05, 3.63) is 23.8 Å². The second-order valence-corrected chi connectivity index (χ2v) is 12.2. The number of methoxy groups -OCH3 is 2. The van der Waals surface area contributed by atoms with Crippen LogP contribution in [-0.2, 0) is 9.22 Å². The Hall–Kier alpha value is -1.53. The second-order valence-electron chi connectivity index (χ2n) is 7.40. The van der Waals surface area contributed by atoms with Gasteiger partial charge in [0, 0.05) is 6.61 Å². The van der Waals surface area contributed by atoms with E-state index >= 15 is 0 Å². The SMILES string of the molecule is COc1ccc(C(CCO[Si](C)(C)C(C)(C)C)C(=O)O)cc1OC. The largest absolute Gasteiger partial charge is 0.493 e. The lowest BCUT2D eigenvalue weighted by Crippen LogP contribution is -2.41. The molecule has 6 heteroatoms. The molecule has 1 N–H and O–H groups in total. The third-order valence-electron chi connectivity index (χ3n) is 4.78. The van der Waals surface area contributed by atoms with Crippen LogP contribution in [0.3, 0.4) is 0 Å². The molecular weight excluding hydrogens is 324 g/mol. The first-order chi connectivity index (χ1) is 11.0. The van der Waals surface area contributed by atoms with Crippen LogP contribution in [0.25, 0.3) is 0 Å². The Balaban J connectivity index is 2.88. The molecule has 1 rings (SSSR count). The summed E-state index contributed by atoms with van der Waals surface area (Å²) in [5, 5.41) is 9.70. The first-order valence-corrected chi connectivity index (χ1v) is 11.0. The van der Waals surface area contributed by atoms with Gasteiger partial charge in [-0.1, -0.05) is 26.8 Å². The highest BCUT2D eigenvalue weighted by Crippen LogP contribution is 2.37. The average Bonchev–Trinajstić information content (AvgIpc) is 2.49. The van der Waals surface area contributed by atoms with Crippen molar-refractivity contribution in [3.63, 3.8) is 0 Å². The van der Waals surface area contributed by atoms with Gasteiger partial charge in [-0.3, -0.25) is 4.79 Å². The van der Waals surface area contributed by atoms with Crippen LogP contribution in [-0.4, -0.2) is 40.2 Å². The quantitative estimate of drug-likeness (QED) is 0.706. The molecule has 1 unspecified atom stereocenters. The molecule has 0 aliphatic heterocycles. The summed E-state index contributed by atoms with van der Waals surface area (Å²) in [5.74, 6) is -0.370. The zero-order chi connectivity index (χ0) is 18.5. The summed E-state index contributed by atoms with van der Waals surface area (Å²) < 4.78 is 16.6. The number of hydrogen-bond donors (Lipinski definition) is 1. The second kappa shape index (κ2) is 8.03. The monoisotopic (exact) mass is 354 g/mol. The number of aliphatic carboxylic acids is 1. The van der Waals surface area contributed by atoms with Gasteiger partial charge in [0.25, 0.3) is 0 Å². The molecule has 0 saturated heterocycles. The number of benzene rings is 1. The van der Waals surface area contributed by atoms with Gasteiger partial charge in [0.15, 0.2) is 19.8 Å². The van der Waals surface area contributed by atoms with Crippen LogP contribution in [0.4, 0.5) is 0 Å². The summed E-state index contributed by atoms with van der Waals surface area (Å²) in [7, 11) is 1.22. The minimum absolute atomic E-state index is 0.106. The van der Waals surface area contributed by atoms with Gasteiger partial charge in [-0.15, -0.1) is 0 Å². The average molecular weight is 355 g/mol. The number of carboxylic acid groups (broad SMARTS) is 1. The van der Waals surface area contributed by atoms with Crippen molar-refractivity contribution in [2.75, 3.05) is 20.8 Å². The third-order valence-corrected chi connectivity index (χ3v) is 9.32. The van der Waals surface area contributed by atoms with Crippen molar-refractivity contribution in [2.45, 2.75) is 51.2 Å². The maximum atomic E-state index is 11.7. The molecule has 136 valence electrons. The molecule has 0 bridgehead atoms. The fourth-order valence-electron chi connectivity index (χ4n) is 2.15. The van der Waals surface area contributed by atoms with Gasteiger partial charge in [-0.2, -0.15) is 0 Å². The molecular formula is C18H30O5Si. The summed E-state index contributed by atoms with van der Waals surface area (Å²) in [6, 6.07) is 5.23. The zero-order valence-electron chi connectivity index (χ0n) is 15.8. The van der Waals surface area contributed by atoms with Gasteiger partial charge in [-0.25, -0.2) is 0 Å². The lowest BCUT2D eigenvalue weighted by atomic mass is 9.96. The summed E-state index contributed by atoms with van der Waals surface area (Å²) >= 11 is 0. The van der Waals surface area contributed by atoms with Crippen LogP contribution in [0.1, 0.15) is 38.7 Å². The highest BCUT2D eigenvalue weighted by Gasteiger charge is 2.37. The first-order valence-electron chi connectivity index (χ1n) is 8.12. The number of ether oxygens (including phenoxy) is 2. The Kier molecular flexibility index (Phi) is 6.86. The van der Waals surface area contributed by atoms with E-state index in [1.54, 1.807) is 25.3 Å². The van der Waals surface area contributed by atoms with E-state index in [1.807, 2.05) is 0 Å². The van der Waals surface area contributed by atoms with Crippen molar-refractivity contribution in [2.24, 2.45) is 0 Å². The predicted molar refractivity (Wildman–Crippen MR) is 97.7 cm³/mol. The minimum atomic E-state index is -1.88. The van der Waals surface area contributed by atoms with Crippen LogP contribution < -0.4 is 9.47 Å². The van der Waals surface area contributed by atoms with E-state index in [-0.39, 0.29) is 5.04 Å². The van der Waals surface area contributed by atoms with E-state index < -0.39 is 20.2 Å². The summed E-state index contributed by atoms with van der Waals surface area (Å²) in [6.45, 7) is 11.3. The molecule has 0 fully saturated rings. The van der Waals surface area contributed by atoms with E-state index in [0.29, 0.717) is 30.1 Å². The van der Waals surface area contributed by atoms with Crippen molar-refractivity contribution in [1.29, 1.82) is 0 Å². The molecule has 24 heavy (non-hydrogen) atoms. The fourth-order valence-corrected chi connectivity index (χ4v) is 3.21. The van der Waals surface area contributed by atoms with Crippen molar-refractivity contribution >= 4 is 14.3 Å².